The molecule has 1 heterocycles. The van der Waals surface area contributed by atoms with Crippen LogP contribution in [0, 0.1) is 11.3 Å². The molecule has 0 radical (unpaired) electrons. The van der Waals surface area contributed by atoms with Gasteiger partial charge in [-0.15, -0.1) is 0 Å². The molecule has 0 saturated heterocycles. The maximum atomic E-state index is 5.53. The van der Waals surface area contributed by atoms with E-state index in [-0.39, 0.29) is 0 Å². The highest BCUT2D eigenvalue weighted by atomic mass is 16.5. The van der Waals surface area contributed by atoms with E-state index < -0.39 is 0 Å². The highest BCUT2D eigenvalue weighted by molar-refractivity contribution is 5.12. The minimum Gasteiger partial charge on any atom is -0.361 e. The maximum absolute atomic E-state index is 5.53. The zero-order valence-electron chi connectivity index (χ0n) is 11.9. The number of hydrogen-bond donors (Lipinski definition) is 1. The average Bonchev–Trinajstić information content (AvgIpc) is 2.77. The zero-order chi connectivity index (χ0) is 13.2. The lowest BCUT2D eigenvalue weighted by Crippen LogP contribution is -2.25. The highest BCUT2D eigenvalue weighted by Crippen LogP contribution is 2.42. The summed E-state index contributed by atoms with van der Waals surface area (Å²) in [6.07, 6.45) is 5.91. The van der Waals surface area contributed by atoms with E-state index in [1.807, 2.05) is 0 Å². The highest BCUT2D eigenvalue weighted by Gasteiger charge is 2.31. The van der Waals surface area contributed by atoms with Gasteiger partial charge >= 0.3 is 0 Å². The number of aromatic nitrogens is 1. The quantitative estimate of drug-likeness (QED) is 0.893. The summed E-state index contributed by atoms with van der Waals surface area (Å²) in [4.78, 5) is 0. The Morgan fingerprint density at radius 3 is 2.50 bits per heavy atom. The molecule has 102 valence electrons. The van der Waals surface area contributed by atoms with Crippen LogP contribution in [0.5, 0.6) is 0 Å². The molecule has 0 bridgehead atoms. The van der Waals surface area contributed by atoms with Gasteiger partial charge in [-0.3, -0.25) is 0 Å². The lowest BCUT2D eigenvalue weighted by molar-refractivity contribution is 0.167. The summed E-state index contributed by atoms with van der Waals surface area (Å²) in [5.74, 6) is 2.38. The van der Waals surface area contributed by atoms with Crippen molar-refractivity contribution >= 4 is 0 Å². The third kappa shape index (κ3) is 3.14. The molecule has 0 aromatic carbocycles. The Morgan fingerprint density at radius 2 is 1.94 bits per heavy atom. The van der Waals surface area contributed by atoms with Crippen LogP contribution in [0.3, 0.4) is 0 Å². The standard InChI is InChI=1S/C15H26N2O/c1-15(2,3)12-6-4-11(5-7-12)14-10-13(8-9-16)18-17-14/h10-12H,4-9,16H2,1-3H3. The molecule has 1 fully saturated rings. The lowest BCUT2D eigenvalue weighted by Gasteiger charge is -2.36. The normalized spacial score (nSPS) is 25.3. The van der Waals surface area contributed by atoms with Crippen LogP contribution in [-0.2, 0) is 6.42 Å². The minimum absolute atomic E-state index is 0.444. The first-order valence-electron chi connectivity index (χ1n) is 7.16. The third-order valence-electron chi connectivity index (χ3n) is 4.34. The maximum Gasteiger partial charge on any atom is 0.138 e. The van der Waals surface area contributed by atoms with Gasteiger partial charge in [0, 0.05) is 18.4 Å². The SMILES string of the molecule is CC(C)(C)C1CCC(c2cc(CCN)on2)CC1. The van der Waals surface area contributed by atoms with Crippen LogP contribution in [0.1, 0.15) is 63.8 Å². The van der Waals surface area contributed by atoms with Crippen molar-refractivity contribution in [3.63, 3.8) is 0 Å². The Balaban J connectivity index is 1.92. The second-order valence-corrected chi connectivity index (χ2v) is 6.67. The van der Waals surface area contributed by atoms with E-state index >= 15 is 0 Å². The van der Waals surface area contributed by atoms with E-state index in [0.29, 0.717) is 17.9 Å². The molecule has 0 aliphatic heterocycles. The molecule has 2 N–H and O–H groups in total. The molecule has 1 aromatic rings. The summed E-state index contributed by atoms with van der Waals surface area (Å²) in [5, 5.41) is 4.22. The van der Waals surface area contributed by atoms with Crippen LogP contribution in [0.25, 0.3) is 0 Å². The molecule has 0 spiro atoms. The predicted molar refractivity (Wildman–Crippen MR) is 73.4 cm³/mol. The van der Waals surface area contributed by atoms with Crippen molar-refractivity contribution in [1.29, 1.82) is 0 Å². The molecule has 18 heavy (non-hydrogen) atoms. The van der Waals surface area contributed by atoms with Gasteiger partial charge in [-0.1, -0.05) is 25.9 Å². The van der Waals surface area contributed by atoms with Crippen LogP contribution in [0.2, 0.25) is 0 Å². The zero-order valence-corrected chi connectivity index (χ0v) is 11.9. The topological polar surface area (TPSA) is 52.0 Å². The van der Waals surface area contributed by atoms with Crippen molar-refractivity contribution in [2.45, 2.75) is 58.8 Å². The number of hydrogen-bond acceptors (Lipinski definition) is 3. The molecule has 0 unspecified atom stereocenters. The Kier molecular flexibility index (Phi) is 4.10. The summed E-state index contributed by atoms with van der Waals surface area (Å²) in [6, 6.07) is 2.11. The van der Waals surface area contributed by atoms with E-state index in [1.54, 1.807) is 0 Å². The molecular formula is C15H26N2O. The largest absolute Gasteiger partial charge is 0.361 e. The molecule has 1 aromatic heterocycles. The first kappa shape index (κ1) is 13.6. The predicted octanol–water partition coefficient (Wildman–Crippen LogP) is 3.50. The van der Waals surface area contributed by atoms with Gasteiger partial charge in [-0.2, -0.15) is 0 Å². The Bertz CT molecular complexity index is 370. The minimum atomic E-state index is 0.444. The Labute approximate surface area is 110 Å². The molecular weight excluding hydrogens is 224 g/mol. The van der Waals surface area contributed by atoms with Crippen LogP contribution >= 0.6 is 0 Å². The van der Waals surface area contributed by atoms with Crippen LogP contribution in [0.4, 0.5) is 0 Å². The van der Waals surface area contributed by atoms with Crippen molar-refractivity contribution < 1.29 is 4.52 Å². The first-order chi connectivity index (χ1) is 8.50. The molecule has 2 rings (SSSR count). The van der Waals surface area contributed by atoms with E-state index in [0.717, 1.165) is 23.8 Å². The van der Waals surface area contributed by atoms with Crippen LogP contribution < -0.4 is 5.73 Å². The van der Waals surface area contributed by atoms with Gasteiger partial charge in [-0.25, -0.2) is 0 Å². The summed E-state index contributed by atoms with van der Waals surface area (Å²) in [7, 11) is 0. The van der Waals surface area contributed by atoms with Gasteiger partial charge in [0.1, 0.15) is 5.76 Å². The molecule has 3 heteroatoms. The molecule has 0 atom stereocenters. The fourth-order valence-electron chi connectivity index (χ4n) is 3.04. The van der Waals surface area contributed by atoms with Crippen LogP contribution in [0.15, 0.2) is 10.6 Å². The second kappa shape index (κ2) is 5.43. The summed E-state index contributed by atoms with van der Waals surface area (Å²) >= 11 is 0. The van der Waals surface area contributed by atoms with Gasteiger partial charge in [-0.05, 0) is 43.6 Å². The van der Waals surface area contributed by atoms with Crippen molar-refractivity contribution in [2.24, 2.45) is 17.1 Å². The molecule has 3 nitrogen and oxygen atoms in total. The fraction of sp³-hybridized carbons (Fsp3) is 0.800. The van der Waals surface area contributed by atoms with E-state index in [2.05, 4.69) is 32.0 Å². The van der Waals surface area contributed by atoms with Gasteiger partial charge in [0.05, 0.1) is 5.69 Å². The van der Waals surface area contributed by atoms with Crippen molar-refractivity contribution in [3.8, 4) is 0 Å². The monoisotopic (exact) mass is 250 g/mol. The number of nitrogens with two attached hydrogens (primary N) is 1. The molecule has 1 aliphatic carbocycles. The summed E-state index contributed by atoms with van der Waals surface area (Å²) in [6.45, 7) is 7.69. The van der Waals surface area contributed by atoms with E-state index in [4.69, 9.17) is 10.3 Å². The van der Waals surface area contributed by atoms with E-state index in [9.17, 15) is 0 Å². The summed E-state index contributed by atoms with van der Waals surface area (Å²) < 4.78 is 5.32. The van der Waals surface area contributed by atoms with Gasteiger partial charge in [0.15, 0.2) is 0 Å². The Morgan fingerprint density at radius 1 is 1.28 bits per heavy atom. The summed E-state index contributed by atoms with van der Waals surface area (Å²) in [5.41, 5.74) is 7.11. The molecule has 1 saturated carbocycles. The fourth-order valence-corrected chi connectivity index (χ4v) is 3.04. The van der Waals surface area contributed by atoms with E-state index in [1.165, 1.54) is 25.7 Å². The molecule has 0 amide bonds. The van der Waals surface area contributed by atoms with Crippen LogP contribution in [-0.4, -0.2) is 11.7 Å². The molecule has 1 aliphatic rings. The van der Waals surface area contributed by atoms with Gasteiger partial charge in [0.2, 0.25) is 0 Å². The number of rotatable bonds is 3. The van der Waals surface area contributed by atoms with Crippen molar-refractivity contribution in [1.82, 2.24) is 5.16 Å². The van der Waals surface area contributed by atoms with Crippen molar-refractivity contribution in [2.75, 3.05) is 6.54 Å². The lowest BCUT2D eigenvalue weighted by atomic mass is 9.69. The van der Waals surface area contributed by atoms with Gasteiger partial charge in [0.25, 0.3) is 0 Å². The second-order valence-electron chi connectivity index (χ2n) is 6.67. The van der Waals surface area contributed by atoms with Gasteiger partial charge < -0.3 is 10.3 Å². The smallest absolute Gasteiger partial charge is 0.138 e. The first-order valence-corrected chi connectivity index (χ1v) is 7.16. The number of nitrogens with zero attached hydrogens (tertiary/aromatic N) is 1. The Hall–Kier alpha value is -0.830. The average molecular weight is 250 g/mol. The van der Waals surface area contributed by atoms with Crippen molar-refractivity contribution in [3.05, 3.63) is 17.5 Å². The third-order valence-corrected chi connectivity index (χ3v) is 4.34.